The molecule has 0 aliphatic carbocycles. The van der Waals surface area contributed by atoms with Gasteiger partial charge in [0, 0.05) is 22.3 Å². The molecular weight excluding hydrogens is 578 g/mol. The zero-order chi connectivity index (χ0) is 30.8. The van der Waals surface area contributed by atoms with Gasteiger partial charge in [-0.1, -0.05) is 93.6 Å². The van der Waals surface area contributed by atoms with Crippen molar-refractivity contribution in [1.29, 1.82) is 0 Å². The molecule has 4 N–H and O–H groups in total. The van der Waals surface area contributed by atoms with Crippen LogP contribution in [0.4, 0.5) is 4.39 Å². The summed E-state index contributed by atoms with van der Waals surface area (Å²) in [7, 11) is -2.77. The number of hydrogen-bond acceptors (Lipinski definition) is 5. The number of aromatic nitrogens is 2. The maximum atomic E-state index is 13.8. The van der Waals surface area contributed by atoms with Crippen molar-refractivity contribution in [3.8, 4) is 11.1 Å². The van der Waals surface area contributed by atoms with Gasteiger partial charge in [0.1, 0.15) is 5.82 Å². The van der Waals surface area contributed by atoms with E-state index in [0.717, 1.165) is 16.7 Å². The van der Waals surface area contributed by atoms with Gasteiger partial charge in [0.05, 0.1) is 17.5 Å². The lowest BCUT2D eigenvalue weighted by atomic mass is 9.98. The summed E-state index contributed by atoms with van der Waals surface area (Å²) in [5.41, 5.74) is 8.57. The molecule has 0 saturated heterocycles. The van der Waals surface area contributed by atoms with Gasteiger partial charge in [0.2, 0.25) is 0 Å². The summed E-state index contributed by atoms with van der Waals surface area (Å²) in [6.45, 7) is 8.88. The lowest BCUT2D eigenvalue weighted by Crippen LogP contribution is -2.67. The predicted octanol–water partition coefficient (Wildman–Crippen LogP) is 5.33. The van der Waals surface area contributed by atoms with Crippen LogP contribution in [0, 0.1) is 12.7 Å². The molecule has 4 aromatic carbocycles. The molecule has 0 fully saturated rings. The Morgan fingerprint density at radius 3 is 2.05 bits per heavy atom. The van der Waals surface area contributed by atoms with E-state index in [1.807, 2.05) is 43.3 Å². The first-order chi connectivity index (χ1) is 20.5. The molecule has 5 aromatic rings. The largest absolute Gasteiger partial charge is 0.406 e. The maximum Gasteiger partial charge on any atom is 0.326 e. The smallest absolute Gasteiger partial charge is 0.326 e. The number of fused-ring (bicyclic) bond motifs is 1. The molecule has 0 amide bonds. The fraction of sp³-hybridized carbons (Fsp3) is 0.235. The van der Waals surface area contributed by atoms with Gasteiger partial charge in [-0.25, -0.2) is 9.18 Å². The Bertz CT molecular complexity index is 1800. The SMILES string of the molecule is Cc1cc2c(=O)[nH]c(=O)[nH]c2c(SC[C@@H](N)CO[Si](c2ccccc2)(c2ccccc2)C(C)(C)C)c1-c1ccc(F)cc1. The Kier molecular flexibility index (Phi) is 8.89. The standard InChI is InChI=1S/C34H36FN3O3SSi/c1-22-19-28-30(37-33(40)38-32(28)39)31(29(22)23-15-17-24(35)18-16-23)42-21-25(36)20-41-43(34(2,3)4,26-11-7-5-8-12-26)27-13-9-6-10-14-27/h5-19,25H,20-21,36H2,1-4H3,(H2,37,38,39,40)/t25-/m0/s1. The number of aromatic amines is 2. The lowest BCUT2D eigenvalue weighted by molar-refractivity contribution is 0.280. The molecule has 9 heteroatoms. The van der Waals surface area contributed by atoms with E-state index in [0.29, 0.717) is 28.2 Å². The first-order valence-electron chi connectivity index (χ1n) is 14.2. The van der Waals surface area contributed by atoms with E-state index in [1.54, 1.807) is 18.2 Å². The number of aryl methyl sites for hydroxylation is 1. The number of benzene rings is 4. The van der Waals surface area contributed by atoms with Crippen LogP contribution in [0.2, 0.25) is 5.04 Å². The Hall–Kier alpha value is -3.76. The highest BCUT2D eigenvalue weighted by Crippen LogP contribution is 2.39. The maximum absolute atomic E-state index is 13.8. The van der Waals surface area contributed by atoms with Gasteiger partial charge in [-0.2, -0.15) is 0 Å². The van der Waals surface area contributed by atoms with Crippen molar-refractivity contribution >= 4 is 41.4 Å². The molecule has 0 spiro atoms. The molecule has 43 heavy (non-hydrogen) atoms. The van der Waals surface area contributed by atoms with E-state index < -0.39 is 19.6 Å². The third-order valence-electron chi connectivity index (χ3n) is 7.69. The first kappa shape index (κ1) is 30.7. The number of nitrogens with one attached hydrogen (secondary N) is 2. The number of thioether (sulfide) groups is 1. The van der Waals surface area contributed by atoms with Crippen molar-refractivity contribution in [2.75, 3.05) is 12.4 Å². The number of halogens is 1. The Morgan fingerprint density at radius 1 is 0.907 bits per heavy atom. The van der Waals surface area contributed by atoms with Gasteiger partial charge >= 0.3 is 5.69 Å². The van der Waals surface area contributed by atoms with Crippen LogP contribution in [0.25, 0.3) is 22.0 Å². The monoisotopic (exact) mass is 613 g/mol. The Morgan fingerprint density at radius 2 is 1.49 bits per heavy atom. The zero-order valence-corrected chi connectivity index (χ0v) is 26.6. The fourth-order valence-corrected chi connectivity index (χ4v) is 11.6. The molecule has 0 bridgehead atoms. The summed E-state index contributed by atoms with van der Waals surface area (Å²) in [4.78, 5) is 30.9. The average molecular weight is 614 g/mol. The number of hydrogen-bond donors (Lipinski definition) is 3. The summed E-state index contributed by atoms with van der Waals surface area (Å²) in [6, 6.07) is 28.4. The molecule has 6 nitrogen and oxygen atoms in total. The second kappa shape index (κ2) is 12.5. The minimum absolute atomic E-state index is 0.189. The third-order valence-corrected chi connectivity index (χ3v) is 14.0. The van der Waals surface area contributed by atoms with E-state index in [1.165, 1.54) is 34.3 Å². The van der Waals surface area contributed by atoms with Crippen molar-refractivity contribution < 1.29 is 8.82 Å². The molecule has 1 atom stereocenters. The number of nitrogens with two attached hydrogens (primary N) is 1. The summed E-state index contributed by atoms with van der Waals surface area (Å²) in [5, 5.41) is 2.54. The number of rotatable bonds is 9. The van der Waals surface area contributed by atoms with Crippen LogP contribution >= 0.6 is 11.8 Å². The highest BCUT2D eigenvalue weighted by Gasteiger charge is 2.50. The Labute approximate surface area is 255 Å². The van der Waals surface area contributed by atoms with Gasteiger partial charge in [0.25, 0.3) is 13.9 Å². The van der Waals surface area contributed by atoms with Crippen LogP contribution in [0.15, 0.2) is 105 Å². The molecule has 0 radical (unpaired) electrons. The quantitative estimate of drug-likeness (QED) is 0.154. The summed E-state index contributed by atoms with van der Waals surface area (Å²) >= 11 is 1.46. The van der Waals surface area contributed by atoms with Crippen LogP contribution in [-0.2, 0) is 4.43 Å². The Balaban J connectivity index is 1.51. The van der Waals surface area contributed by atoms with Gasteiger partial charge in [0.15, 0.2) is 0 Å². The minimum Gasteiger partial charge on any atom is -0.406 e. The van der Waals surface area contributed by atoms with E-state index in [4.69, 9.17) is 10.2 Å². The van der Waals surface area contributed by atoms with Crippen LogP contribution in [-0.4, -0.2) is 36.7 Å². The van der Waals surface area contributed by atoms with E-state index in [-0.39, 0.29) is 16.9 Å². The number of H-pyrrole nitrogens is 2. The highest BCUT2D eigenvalue weighted by atomic mass is 32.2. The predicted molar refractivity (Wildman–Crippen MR) is 178 cm³/mol. The summed E-state index contributed by atoms with van der Waals surface area (Å²) in [5.74, 6) is 0.114. The van der Waals surface area contributed by atoms with E-state index in [9.17, 15) is 14.0 Å². The van der Waals surface area contributed by atoms with Crippen LogP contribution in [0.1, 0.15) is 26.3 Å². The fourth-order valence-electron chi connectivity index (χ4n) is 5.76. The van der Waals surface area contributed by atoms with Gasteiger partial charge in [-0.15, -0.1) is 11.8 Å². The summed E-state index contributed by atoms with van der Waals surface area (Å²) in [6.07, 6.45) is 0. The molecule has 0 saturated carbocycles. The molecule has 5 rings (SSSR count). The van der Waals surface area contributed by atoms with Crippen molar-refractivity contribution in [3.05, 3.63) is 123 Å². The average Bonchev–Trinajstić information content (AvgIpc) is 2.97. The van der Waals surface area contributed by atoms with Crippen molar-refractivity contribution in [2.45, 2.75) is 43.7 Å². The molecule has 0 aliphatic rings. The van der Waals surface area contributed by atoms with Crippen molar-refractivity contribution in [3.63, 3.8) is 0 Å². The van der Waals surface area contributed by atoms with Crippen LogP contribution < -0.4 is 27.4 Å². The van der Waals surface area contributed by atoms with Gasteiger partial charge in [-0.3, -0.25) is 9.78 Å². The van der Waals surface area contributed by atoms with Crippen LogP contribution in [0.5, 0.6) is 0 Å². The van der Waals surface area contributed by atoms with Gasteiger partial charge < -0.3 is 15.1 Å². The van der Waals surface area contributed by atoms with E-state index >= 15 is 0 Å². The van der Waals surface area contributed by atoms with Crippen LogP contribution in [0.3, 0.4) is 0 Å². The molecule has 222 valence electrons. The second-order valence-electron chi connectivity index (χ2n) is 11.8. The van der Waals surface area contributed by atoms with E-state index in [2.05, 4.69) is 55.0 Å². The molecule has 0 unspecified atom stereocenters. The first-order valence-corrected chi connectivity index (χ1v) is 17.1. The highest BCUT2D eigenvalue weighted by molar-refractivity contribution is 7.99. The molecule has 1 aromatic heterocycles. The third kappa shape index (κ3) is 6.17. The van der Waals surface area contributed by atoms with Gasteiger partial charge in [-0.05, 0) is 51.7 Å². The minimum atomic E-state index is -2.77. The zero-order valence-electron chi connectivity index (χ0n) is 24.7. The molecular formula is C34H36FN3O3SSi. The van der Waals surface area contributed by atoms with Crippen molar-refractivity contribution in [1.82, 2.24) is 9.97 Å². The van der Waals surface area contributed by atoms with Crippen molar-refractivity contribution in [2.24, 2.45) is 5.73 Å². The second-order valence-corrected chi connectivity index (χ2v) is 17.1. The lowest BCUT2D eigenvalue weighted by Gasteiger charge is -2.43. The normalized spacial score (nSPS) is 12.9. The topological polar surface area (TPSA) is 101 Å². The molecule has 1 heterocycles. The molecule has 0 aliphatic heterocycles. The summed E-state index contributed by atoms with van der Waals surface area (Å²) < 4.78 is 20.8.